The second kappa shape index (κ2) is 11.8. The zero-order valence-corrected chi connectivity index (χ0v) is 21.7. The quantitative estimate of drug-likeness (QED) is 0.408. The lowest BCUT2D eigenvalue weighted by molar-refractivity contribution is -0.150. The van der Waals surface area contributed by atoms with Gasteiger partial charge in [0, 0.05) is 11.6 Å². The minimum absolute atomic E-state index is 0.0353. The van der Waals surface area contributed by atoms with E-state index < -0.39 is 23.7 Å². The lowest BCUT2D eigenvalue weighted by Gasteiger charge is -2.31. The number of thioether (sulfide) groups is 1. The molecule has 188 valence electrons. The number of aryl methyl sites for hydroxylation is 3. The van der Waals surface area contributed by atoms with E-state index in [9.17, 15) is 19.6 Å². The van der Waals surface area contributed by atoms with Gasteiger partial charge in [0.25, 0.3) is 0 Å². The maximum Gasteiger partial charge on any atom is 0.319 e. The van der Waals surface area contributed by atoms with Crippen molar-refractivity contribution in [3.8, 4) is 11.8 Å². The minimum Gasteiger partial charge on any atom is -0.494 e. The third-order valence-electron chi connectivity index (χ3n) is 5.82. The van der Waals surface area contributed by atoms with Crippen molar-refractivity contribution in [3.63, 3.8) is 0 Å². The molecule has 3 rings (SSSR count). The van der Waals surface area contributed by atoms with E-state index in [1.807, 2.05) is 39.8 Å². The molecule has 0 saturated carbocycles. The molecule has 0 spiro atoms. The molecule has 8 nitrogen and oxygen atoms in total. The Balaban J connectivity index is 1.90. The average molecular weight is 508 g/mol. The van der Waals surface area contributed by atoms with Gasteiger partial charge in [-0.25, -0.2) is 0 Å². The van der Waals surface area contributed by atoms with Crippen LogP contribution in [0.5, 0.6) is 5.75 Å². The average Bonchev–Trinajstić information content (AvgIpc) is 2.84. The molecule has 2 amide bonds. The molecule has 0 aliphatic carbocycles. The van der Waals surface area contributed by atoms with Crippen LogP contribution in [0.3, 0.4) is 0 Å². The van der Waals surface area contributed by atoms with Crippen LogP contribution in [-0.2, 0) is 19.1 Å². The number of allylic oxidation sites excluding steroid dienone is 1. The number of anilines is 1. The monoisotopic (exact) mass is 507 g/mol. The van der Waals surface area contributed by atoms with Gasteiger partial charge in [-0.3, -0.25) is 14.4 Å². The Hall–Kier alpha value is -3.77. The number of carbonyl (C=O) groups excluding carboxylic acids is 3. The Kier molecular flexibility index (Phi) is 8.78. The van der Waals surface area contributed by atoms with Gasteiger partial charge in [-0.05, 0) is 56.5 Å². The number of ether oxygens (including phenoxy) is 2. The molecule has 1 aliphatic heterocycles. The van der Waals surface area contributed by atoms with Crippen LogP contribution in [0.25, 0.3) is 0 Å². The highest BCUT2D eigenvalue weighted by molar-refractivity contribution is 8.03. The lowest BCUT2D eigenvalue weighted by atomic mass is 9.78. The van der Waals surface area contributed by atoms with E-state index in [0.29, 0.717) is 17.9 Å². The predicted octanol–water partition coefficient (Wildman–Crippen LogP) is 4.12. The minimum atomic E-state index is -1.24. The van der Waals surface area contributed by atoms with Crippen LogP contribution in [0.4, 0.5) is 5.69 Å². The normalized spacial score (nSPS) is 17.2. The Morgan fingerprint density at radius 1 is 1.14 bits per heavy atom. The number of rotatable bonds is 8. The van der Waals surface area contributed by atoms with Crippen LogP contribution in [-0.4, -0.2) is 37.3 Å². The molecule has 0 radical (unpaired) electrons. The van der Waals surface area contributed by atoms with Gasteiger partial charge < -0.3 is 20.1 Å². The van der Waals surface area contributed by atoms with E-state index in [1.54, 1.807) is 24.3 Å². The molecule has 2 atom stereocenters. The summed E-state index contributed by atoms with van der Waals surface area (Å²) < 4.78 is 10.3. The molecular formula is C27H29N3O5S. The molecule has 0 unspecified atom stereocenters. The fourth-order valence-electron chi connectivity index (χ4n) is 4.31. The summed E-state index contributed by atoms with van der Waals surface area (Å²) in [6.07, 6.45) is 0. The van der Waals surface area contributed by atoms with Gasteiger partial charge in [-0.1, -0.05) is 41.6 Å². The van der Waals surface area contributed by atoms with Gasteiger partial charge in [0.2, 0.25) is 11.8 Å². The summed E-state index contributed by atoms with van der Waals surface area (Å²) in [6, 6.07) is 13.0. The Bertz CT molecular complexity index is 1220. The van der Waals surface area contributed by atoms with Crippen LogP contribution in [0.2, 0.25) is 0 Å². The van der Waals surface area contributed by atoms with Gasteiger partial charge in [-0.2, -0.15) is 5.26 Å². The Morgan fingerprint density at radius 3 is 2.33 bits per heavy atom. The molecular weight excluding hydrogens is 478 g/mol. The highest BCUT2D eigenvalue weighted by atomic mass is 32.2. The molecule has 2 aromatic rings. The number of nitrogens with zero attached hydrogens (tertiary/aromatic N) is 1. The number of methoxy groups -OCH3 is 1. The molecule has 0 bridgehead atoms. The molecule has 9 heteroatoms. The second-order valence-electron chi connectivity index (χ2n) is 8.43. The van der Waals surface area contributed by atoms with Gasteiger partial charge in [0.15, 0.2) is 0 Å². The summed E-state index contributed by atoms with van der Waals surface area (Å²) >= 11 is 1.04. The number of hydrogen-bond acceptors (Lipinski definition) is 7. The molecule has 0 aromatic heterocycles. The van der Waals surface area contributed by atoms with E-state index in [-0.39, 0.29) is 22.3 Å². The standard InChI is InChI=1S/C27H29N3O5S/c1-6-35-19-9-7-18(8-10-19)22-20(13-28)26(30-25(32)23(22)27(33)34-5)36-14-21(31)29-24-16(3)11-15(2)12-17(24)4/h7-12,22-23H,6,14H2,1-5H3,(H,29,31)(H,30,32)/t22-,23-/m1/s1. The molecule has 36 heavy (non-hydrogen) atoms. The van der Waals surface area contributed by atoms with Crippen molar-refractivity contribution in [1.82, 2.24) is 5.32 Å². The lowest BCUT2D eigenvalue weighted by Crippen LogP contribution is -2.44. The van der Waals surface area contributed by atoms with E-state index >= 15 is 0 Å². The number of esters is 1. The van der Waals surface area contributed by atoms with Crippen LogP contribution < -0.4 is 15.4 Å². The second-order valence-corrected chi connectivity index (χ2v) is 9.42. The third kappa shape index (κ3) is 5.89. The topological polar surface area (TPSA) is 118 Å². The van der Waals surface area contributed by atoms with Crippen molar-refractivity contribution in [1.29, 1.82) is 5.26 Å². The molecule has 1 aliphatic rings. The molecule has 1 heterocycles. The first-order chi connectivity index (χ1) is 17.2. The summed E-state index contributed by atoms with van der Waals surface area (Å²) in [5.74, 6) is -3.11. The Morgan fingerprint density at radius 2 is 1.78 bits per heavy atom. The van der Waals surface area contributed by atoms with E-state index in [4.69, 9.17) is 9.47 Å². The van der Waals surface area contributed by atoms with Crippen molar-refractivity contribution in [2.75, 3.05) is 24.8 Å². The number of nitriles is 1. The van der Waals surface area contributed by atoms with Crippen molar-refractivity contribution in [2.45, 2.75) is 33.6 Å². The first kappa shape index (κ1) is 26.8. The first-order valence-corrected chi connectivity index (χ1v) is 12.4. The SMILES string of the molecule is CCOc1ccc([C@@H]2C(C#N)=C(SCC(=O)Nc3c(C)cc(C)cc3C)NC(=O)[C@@H]2C(=O)OC)cc1. The van der Waals surface area contributed by atoms with E-state index in [1.165, 1.54) is 7.11 Å². The summed E-state index contributed by atoms with van der Waals surface area (Å²) in [6.45, 7) is 8.20. The number of hydrogen-bond donors (Lipinski definition) is 2. The number of carbonyl (C=O) groups is 3. The van der Waals surface area contributed by atoms with Crippen LogP contribution >= 0.6 is 11.8 Å². The zero-order chi connectivity index (χ0) is 26.4. The number of nitrogens with one attached hydrogen (secondary N) is 2. The molecule has 2 aromatic carbocycles. The smallest absolute Gasteiger partial charge is 0.319 e. The van der Waals surface area contributed by atoms with E-state index in [0.717, 1.165) is 34.1 Å². The summed E-state index contributed by atoms with van der Waals surface area (Å²) in [5, 5.41) is 15.8. The maximum atomic E-state index is 13.0. The maximum absolute atomic E-state index is 13.0. The van der Waals surface area contributed by atoms with Gasteiger partial charge >= 0.3 is 5.97 Å². The Labute approximate surface area is 215 Å². The molecule has 0 fully saturated rings. The van der Waals surface area contributed by atoms with Crippen LogP contribution in [0.15, 0.2) is 47.0 Å². The van der Waals surface area contributed by atoms with Gasteiger partial charge in [-0.15, -0.1) is 0 Å². The first-order valence-electron chi connectivity index (χ1n) is 11.5. The van der Waals surface area contributed by atoms with Crippen molar-refractivity contribution < 1.29 is 23.9 Å². The fourth-order valence-corrected chi connectivity index (χ4v) is 5.16. The van der Waals surface area contributed by atoms with Gasteiger partial charge in [0.05, 0.1) is 36.1 Å². The zero-order valence-electron chi connectivity index (χ0n) is 20.9. The van der Waals surface area contributed by atoms with Crippen LogP contribution in [0, 0.1) is 38.0 Å². The molecule has 0 saturated heterocycles. The van der Waals surface area contributed by atoms with E-state index in [2.05, 4.69) is 16.7 Å². The third-order valence-corrected chi connectivity index (χ3v) is 6.84. The predicted molar refractivity (Wildman–Crippen MR) is 138 cm³/mol. The van der Waals surface area contributed by atoms with Crippen molar-refractivity contribution in [2.24, 2.45) is 5.92 Å². The number of amides is 2. The highest BCUT2D eigenvalue weighted by Gasteiger charge is 2.44. The molecule has 2 N–H and O–H groups in total. The van der Waals surface area contributed by atoms with Gasteiger partial charge in [0.1, 0.15) is 11.7 Å². The van der Waals surface area contributed by atoms with Crippen molar-refractivity contribution >= 4 is 35.2 Å². The van der Waals surface area contributed by atoms with Crippen molar-refractivity contribution in [3.05, 3.63) is 69.3 Å². The largest absolute Gasteiger partial charge is 0.494 e. The highest BCUT2D eigenvalue weighted by Crippen LogP contribution is 2.40. The summed E-state index contributed by atoms with van der Waals surface area (Å²) in [5.41, 5.74) is 4.52. The fraction of sp³-hybridized carbons (Fsp3) is 0.333. The summed E-state index contributed by atoms with van der Waals surface area (Å²) in [4.78, 5) is 38.3. The number of benzene rings is 2. The van der Waals surface area contributed by atoms with Crippen LogP contribution in [0.1, 0.15) is 35.1 Å². The summed E-state index contributed by atoms with van der Waals surface area (Å²) in [7, 11) is 1.20.